The molecule has 1 saturated heterocycles. The minimum atomic E-state index is -0.771. The molecule has 0 radical (unpaired) electrons. The van der Waals surface area contributed by atoms with Crippen molar-refractivity contribution in [3.8, 4) is 0 Å². The van der Waals surface area contributed by atoms with Crippen molar-refractivity contribution in [2.75, 3.05) is 26.7 Å². The molecule has 0 aliphatic carbocycles. The Hall–Kier alpha value is -1.26. The average Bonchev–Trinajstić information content (AvgIpc) is 2.34. The van der Waals surface area contributed by atoms with Crippen molar-refractivity contribution in [1.82, 2.24) is 9.80 Å². The van der Waals surface area contributed by atoms with E-state index in [-0.39, 0.29) is 18.4 Å². The Morgan fingerprint density at radius 1 is 1.42 bits per heavy atom. The third-order valence-corrected chi connectivity index (χ3v) is 3.62. The maximum Gasteiger partial charge on any atom is 0.319 e. The highest BCUT2D eigenvalue weighted by molar-refractivity contribution is 5.74. The van der Waals surface area contributed by atoms with Crippen LogP contribution in [0.5, 0.6) is 0 Å². The van der Waals surface area contributed by atoms with Crippen molar-refractivity contribution < 1.29 is 14.7 Å². The van der Waals surface area contributed by atoms with Crippen LogP contribution in [-0.2, 0) is 4.79 Å². The summed E-state index contributed by atoms with van der Waals surface area (Å²) in [5, 5.41) is 8.83. The maximum atomic E-state index is 12.2. The maximum absolute atomic E-state index is 12.2. The molecule has 1 atom stereocenters. The molecule has 110 valence electrons. The number of hydrogen-bond acceptors (Lipinski definition) is 2. The van der Waals surface area contributed by atoms with Gasteiger partial charge in [-0.3, -0.25) is 4.79 Å². The summed E-state index contributed by atoms with van der Waals surface area (Å²) in [5.74, 6) is -0.0856. The Kier molecular flexibility index (Phi) is 6.12. The second-order valence-electron chi connectivity index (χ2n) is 5.94. The largest absolute Gasteiger partial charge is 0.481 e. The van der Waals surface area contributed by atoms with E-state index in [2.05, 4.69) is 13.8 Å². The lowest BCUT2D eigenvalue weighted by atomic mass is 9.95. The van der Waals surface area contributed by atoms with Gasteiger partial charge in [-0.2, -0.15) is 0 Å². The lowest BCUT2D eigenvalue weighted by Gasteiger charge is -2.35. The summed E-state index contributed by atoms with van der Waals surface area (Å²) in [6.45, 7) is 6.37. The van der Waals surface area contributed by atoms with E-state index in [0.29, 0.717) is 12.5 Å². The van der Waals surface area contributed by atoms with Crippen molar-refractivity contribution in [1.29, 1.82) is 0 Å². The predicted molar refractivity (Wildman–Crippen MR) is 74.0 cm³/mol. The zero-order chi connectivity index (χ0) is 14.4. The van der Waals surface area contributed by atoms with Gasteiger partial charge in [0.15, 0.2) is 0 Å². The Morgan fingerprint density at radius 3 is 2.68 bits per heavy atom. The zero-order valence-corrected chi connectivity index (χ0v) is 12.3. The molecule has 1 fully saturated rings. The van der Waals surface area contributed by atoms with Crippen LogP contribution in [0.3, 0.4) is 0 Å². The molecule has 19 heavy (non-hydrogen) atoms. The first-order valence-electron chi connectivity index (χ1n) is 7.12. The molecule has 1 unspecified atom stereocenters. The number of urea groups is 1. The van der Waals surface area contributed by atoms with Crippen molar-refractivity contribution >= 4 is 12.0 Å². The van der Waals surface area contributed by atoms with E-state index in [1.807, 2.05) is 7.05 Å². The topological polar surface area (TPSA) is 60.9 Å². The number of carboxylic acids is 1. The molecular formula is C14H26N2O3. The fourth-order valence-electron chi connectivity index (χ4n) is 2.44. The summed E-state index contributed by atoms with van der Waals surface area (Å²) in [4.78, 5) is 26.5. The fraction of sp³-hybridized carbons (Fsp3) is 0.857. The summed E-state index contributed by atoms with van der Waals surface area (Å²) in [6.07, 6.45) is 2.97. The molecular weight excluding hydrogens is 244 g/mol. The van der Waals surface area contributed by atoms with E-state index in [1.54, 1.807) is 9.80 Å². The molecule has 0 bridgehead atoms. The van der Waals surface area contributed by atoms with Crippen molar-refractivity contribution in [3.05, 3.63) is 0 Å². The molecule has 1 heterocycles. The standard InChI is InChI=1S/C14H26N2O3/c1-11(2)6-8-15(3)14(19)16-7-4-5-12(10-16)9-13(17)18/h11-12H,4-10H2,1-3H3,(H,17,18). The lowest BCUT2D eigenvalue weighted by Crippen LogP contribution is -2.46. The van der Waals surface area contributed by atoms with Gasteiger partial charge < -0.3 is 14.9 Å². The molecule has 1 aliphatic rings. The number of hydrogen-bond donors (Lipinski definition) is 1. The van der Waals surface area contributed by atoms with Gasteiger partial charge in [0.2, 0.25) is 0 Å². The molecule has 0 aromatic heterocycles. The Labute approximate surface area is 115 Å². The number of rotatable bonds is 5. The smallest absolute Gasteiger partial charge is 0.319 e. The summed E-state index contributed by atoms with van der Waals surface area (Å²) >= 11 is 0. The number of carboxylic acid groups (broad SMARTS) is 1. The van der Waals surface area contributed by atoms with E-state index in [0.717, 1.165) is 32.4 Å². The highest BCUT2D eigenvalue weighted by Gasteiger charge is 2.26. The number of amides is 2. The van der Waals surface area contributed by atoms with E-state index in [1.165, 1.54) is 0 Å². The third kappa shape index (κ3) is 5.49. The predicted octanol–water partition coefficient (Wildman–Crippen LogP) is 2.27. The highest BCUT2D eigenvalue weighted by atomic mass is 16.4. The first kappa shape index (κ1) is 15.8. The van der Waals surface area contributed by atoms with E-state index in [4.69, 9.17) is 5.11 Å². The van der Waals surface area contributed by atoms with Crippen LogP contribution in [0.4, 0.5) is 4.79 Å². The second-order valence-corrected chi connectivity index (χ2v) is 5.94. The molecule has 2 amide bonds. The van der Waals surface area contributed by atoms with E-state index in [9.17, 15) is 9.59 Å². The van der Waals surface area contributed by atoms with Gasteiger partial charge in [-0.1, -0.05) is 13.8 Å². The van der Waals surface area contributed by atoms with Gasteiger partial charge in [-0.25, -0.2) is 4.79 Å². The molecule has 0 saturated carbocycles. The quantitative estimate of drug-likeness (QED) is 0.833. The first-order chi connectivity index (χ1) is 8.90. The number of carbonyl (C=O) groups is 2. The second kappa shape index (κ2) is 7.36. The Balaban J connectivity index is 2.44. The van der Waals surface area contributed by atoms with Crippen molar-refractivity contribution in [2.45, 2.75) is 39.5 Å². The minimum Gasteiger partial charge on any atom is -0.481 e. The summed E-state index contributed by atoms with van der Waals surface area (Å²) in [6, 6.07) is 0.0377. The zero-order valence-electron chi connectivity index (χ0n) is 12.3. The van der Waals surface area contributed by atoms with Gasteiger partial charge in [-0.05, 0) is 31.1 Å². The molecule has 0 aromatic carbocycles. The van der Waals surface area contributed by atoms with Crippen molar-refractivity contribution in [3.63, 3.8) is 0 Å². The number of nitrogens with zero attached hydrogens (tertiary/aromatic N) is 2. The van der Waals surface area contributed by atoms with Gasteiger partial charge in [0.1, 0.15) is 0 Å². The Morgan fingerprint density at radius 2 is 2.11 bits per heavy atom. The van der Waals surface area contributed by atoms with Crippen LogP contribution in [-0.4, -0.2) is 53.6 Å². The van der Waals surface area contributed by atoms with E-state index < -0.39 is 5.97 Å². The van der Waals surface area contributed by atoms with Crippen LogP contribution in [0.25, 0.3) is 0 Å². The SMILES string of the molecule is CC(C)CCN(C)C(=O)N1CCCC(CC(=O)O)C1. The molecule has 0 spiro atoms. The van der Waals surface area contributed by atoms with Gasteiger partial charge in [-0.15, -0.1) is 0 Å². The Bertz CT molecular complexity index is 318. The fourth-order valence-corrected chi connectivity index (χ4v) is 2.44. The molecule has 1 rings (SSSR count). The third-order valence-electron chi connectivity index (χ3n) is 3.62. The lowest BCUT2D eigenvalue weighted by molar-refractivity contribution is -0.138. The number of aliphatic carboxylic acids is 1. The van der Waals surface area contributed by atoms with Crippen molar-refractivity contribution in [2.24, 2.45) is 11.8 Å². The van der Waals surface area contributed by atoms with Gasteiger partial charge in [0, 0.05) is 33.1 Å². The summed E-state index contributed by atoms with van der Waals surface area (Å²) < 4.78 is 0. The van der Waals surface area contributed by atoms with Gasteiger partial charge in [0.25, 0.3) is 0 Å². The molecule has 5 nitrogen and oxygen atoms in total. The monoisotopic (exact) mass is 270 g/mol. The minimum absolute atomic E-state index is 0.0377. The first-order valence-corrected chi connectivity index (χ1v) is 7.12. The van der Waals surface area contributed by atoms with Crippen LogP contribution in [0, 0.1) is 11.8 Å². The van der Waals surface area contributed by atoms with Gasteiger partial charge >= 0.3 is 12.0 Å². The molecule has 1 aliphatic heterocycles. The molecule has 1 N–H and O–H groups in total. The van der Waals surface area contributed by atoms with Gasteiger partial charge in [0.05, 0.1) is 0 Å². The van der Waals surface area contributed by atoms with Crippen LogP contribution < -0.4 is 0 Å². The summed E-state index contributed by atoms with van der Waals surface area (Å²) in [5.41, 5.74) is 0. The normalized spacial score (nSPS) is 19.6. The summed E-state index contributed by atoms with van der Waals surface area (Å²) in [7, 11) is 1.82. The molecule has 5 heteroatoms. The number of carbonyl (C=O) groups excluding carboxylic acids is 1. The van der Waals surface area contributed by atoms with Crippen LogP contribution >= 0.6 is 0 Å². The number of likely N-dealkylation sites (tertiary alicyclic amines) is 1. The van der Waals surface area contributed by atoms with Crippen LogP contribution in [0.2, 0.25) is 0 Å². The van der Waals surface area contributed by atoms with Crippen LogP contribution in [0.1, 0.15) is 39.5 Å². The van der Waals surface area contributed by atoms with Crippen LogP contribution in [0.15, 0.2) is 0 Å². The highest BCUT2D eigenvalue weighted by Crippen LogP contribution is 2.20. The number of piperidine rings is 1. The average molecular weight is 270 g/mol. The molecule has 0 aromatic rings. The van der Waals surface area contributed by atoms with E-state index >= 15 is 0 Å².